The van der Waals surface area contributed by atoms with Crippen molar-refractivity contribution in [2.45, 2.75) is 26.4 Å². The van der Waals surface area contributed by atoms with Crippen molar-refractivity contribution in [3.05, 3.63) is 58.3 Å². The second-order valence-corrected chi connectivity index (χ2v) is 6.89. The maximum atomic E-state index is 12.2. The Labute approximate surface area is 145 Å². The van der Waals surface area contributed by atoms with E-state index in [2.05, 4.69) is 39.3 Å². The van der Waals surface area contributed by atoms with Gasteiger partial charge in [0.15, 0.2) is 5.17 Å². The van der Waals surface area contributed by atoms with E-state index in [0.29, 0.717) is 4.91 Å². The SMILES string of the molecule is CCn1cc(C=C2SC(N3CCc4ccccc4C3)=NC2=O)cn1. The van der Waals surface area contributed by atoms with E-state index in [-0.39, 0.29) is 5.91 Å². The summed E-state index contributed by atoms with van der Waals surface area (Å²) in [5.74, 6) is -0.155. The topological polar surface area (TPSA) is 50.5 Å². The Kier molecular flexibility index (Phi) is 3.98. The van der Waals surface area contributed by atoms with Crippen molar-refractivity contribution in [1.29, 1.82) is 0 Å². The van der Waals surface area contributed by atoms with Crippen LogP contribution in [0.4, 0.5) is 0 Å². The predicted octanol–water partition coefficient (Wildman–Crippen LogP) is 2.93. The second kappa shape index (κ2) is 6.28. The highest BCUT2D eigenvalue weighted by Gasteiger charge is 2.28. The summed E-state index contributed by atoms with van der Waals surface area (Å²) >= 11 is 1.46. The van der Waals surface area contributed by atoms with Crippen molar-refractivity contribution in [2.24, 2.45) is 4.99 Å². The molecule has 0 unspecified atom stereocenters. The summed E-state index contributed by atoms with van der Waals surface area (Å²) in [7, 11) is 0. The number of carbonyl (C=O) groups excluding carboxylic acids is 1. The Hall–Kier alpha value is -2.34. The van der Waals surface area contributed by atoms with E-state index in [0.717, 1.165) is 36.8 Å². The number of amides is 1. The fourth-order valence-electron chi connectivity index (χ4n) is 2.97. The van der Waals surface area contributed by atoms with E-state index < -0.39 is 0 Å². The number of nitrogens with zero attached hydrogens (tertiary/aromatic N) is 4. The smallest absolute Gasteiger partial charge is 0.286 e. The third kappa shape index (κ3) is 2.89. The van der Waals surface area contributed by atoms with Crippen molar-refractivity contribution >= 4 is 28.9 Å². The Morgan fingerprint density at radius 2 is 2.12 bits per heavy atom. The summed E-state index contributed by atoms with van der Waals surface area (Å²) in [6.07, 6.45) is 6.59. The van der Waals surface area contributed by atoms with E-state index in [1.807, 2.05) is 23.9 Å². The highest BCUT2D eigenvalue weighted by atomic mass is 32.2. The molecule has 0 bridgehead atoms. The van der Waals surface area contributed by atoms with Gasteiger partial charge in [-0.15, -0.1) is 0 Å². The highest BCUT2D eigenvalue weighted by molar-refractivity contribution is 8.18. The molecular weight excluding hydrogens is 320 g/mol. The Morgan fingerprint density at radius 3 is 2.92 bits per heavy atom. The fourth-order valence-corrected chi connectivity index (χ4v) is 3.91. The molecule has 0 saturated heterocycles. The molecule has 0 spiro atoms. The van der Waals surface area contributed by atoms with Crippen LogP contribution in [-0.4, -0.2) is 32.3 Å². The van der Waals surface area contributed by atoms with Crippen molar-refractivity contribution in [3.63, 3.8) is 0 Å². The van der Waals surface area contributed by atoms with Gasteiger partial charge in [-0.1, -0.05) is 24.3 Å². The largest absolute Gasteiger partial charge is 0.346 e. The number of aromatic nitrogens is 2. The van der Waals surface area contributed by atoms with Crippen LogP contribution in [0.2, 0.25) is 0 Å². The molecular formula is C18H18N4OS. The molecule has 1 amide bonds. The fraction of sp³-hybridized carbons (Fsp3) is 0.278. The molecule has 6 heteroatoms. The number of aryl methyl sites for hydroxylation is 1. The van der Waals surface area contributed by atoms with E-state index in [9.17, 15) is 4.79 Å². The van der Waals surface area contributed by atoms with E-state index in [1.54, 1.807) is 6.20 Å². The van der Waals surface area contributed by atoms with Gasteiger partial charge in [0.2, 0.25) is 0 Å². The van der Waals surface area contributed by atoms with Crippen LogP contribution in [0.15, 0.2) is 46.6 Å². The van der Waals surface area contributed by atoms with Crippen molar-refractivity contribution in [2.75, 3.05) is 6.54 Å². The zero-order valence-corrected chi connectivity index (χ0v) is 14.3. The number of carbonyl (C=O) groups is 1. The molecule has 3 heterocycles. The van der Waals surface area contributed by atoms with Gasteiger partial charge in [0, 0.05) is 31.4 Å². The van der Waals surface area contributed by atoms with Crippen LogP contribution in [0.3, 0.4) is 0 Å². The average Bonchev–Trinajstić information content (AvgIpc) is 3.22. The lowest BCUT2D eigenvalue weighted by atomic mass is 10.0. The Balaban J connectivity index is 1.51. The van der Waals surface area contributed by atoms with Gasteiger partial charge in [-0.25, -0.2) is 0 Å². The summed E-state index contributed by atoms with van der Waals surface area (Å²) < 4.78 is 1.85. The normalized spacial score (nSPS) is 18.9. The molecule has 0 atom stereocenters. The number of aliphatic imine (C=N–C) groups is 1. The zero-order valence-electron chi connectivity index (χ0n) is 13.5. The summed E-state index contributed by atoms with van der Waals surface area (Å²) in [5.41, 5.74) is 3.65. The van der Waals surface area contributed by atoms with Gasteiger partial charge in [0.25, 0.3) is 5.91 Å². The number of rotatable bonds is 2. The number of hydrogen-bond donors (Lipinski definition) is 0. The molecule has 0 aliphatic carbocycles. The van der Waals surface area contributed by atoms with Crippen LogP contribution in [0.5, 0.6) is 0 Å². The van der Waals surface area contributed by atoms with Crippen molar-refractivity contribution in [3.8, 4) is 0 Å². The first-order valence-corrected chi connectivity index (χ1v) is 8.91. The van der Waals surface area contributed by atoms with Crippen LogP contribution in [0, 0.1) is 0 Å². The minimum absolute atomic E-state index is 0.155. The zero-order chi connectivity index (χ0) is 16.5. The maximum Gasteiger partial charge on any atom is 0.286 e. The van der Waals surface area contributed by atoms with Gasteiger partial charge in [0.05, 0.1) is 11.1 Å². The average molecular weight is 338 g/mol. The van der Waals surface area contributed by atoms with Gasteiger partial charge in [-0.2, -0.15) is 10.1 Å². The predicted molar refractivity (Wildman–Crippen MR) is 96.5 cm³/mol. The molecule has 24 heavy (non-hydrogen) atoms. The number of thioether (sulfide) groups is 1. The van der Waals surface area contributed by atoms with Gasteiger partial charge in [-0.05, 0) is 42.3 Å². The summed E-state index contributed by atoms with van der Waals surface area (Å²) in [6.45, 7) is 4.57. The molecule has 0 radical (unpaired) electrons. The summed E-state index contributed by atoms with van der Waals surface area (Å²) in [6, 6.07) is 8.47. The van der Waals surface area contributed by atoms with E-state index >= 15 is 0 Å². The molecule has 0 N–H and O–H groups in total. The minimum atomic E-state index is -0.155. The first-order chi connectivity index (χ1) is 11.7. The van der Waals surface area contributed by atoms with Crippen LogP contribution in [0.25, 0.3) is 6.08 Å². The number of amidine groups is 1. The number of benzene rings is 1. The van der Waals surface area contributed by atoms with E-state index in [4.69, 9.17) is 0 Å². The van der Waals surface area contributed by atoms with Gasteiger partial charge in [0.1, 0.15) is 0 Å². The number of hydrogen-bond acceptors (Lipinski definition) is 4. The number of fused-ring (bicyclic) bond motifs is 1. The molecule has 1 aromatic heterocycles. The van der Waals surface area contributed by atoms with Crippen molar-refractivity contribution in [1.82, 2.24) is 14.7 Å². The lowest BCUT2D eigenvalue weighted by molar-refractivity contribution is -0.113. The quantitative estimate of drug-likeness (QED) is 0.790. The molecule has 2 aliphatic heterocycles. The maximum absolute atomic E-state index is 12.2. The van der Waals surface area contributed by atoms with Crippen LogP contribution in [0.1, 0.15) is 23.6 Å². The molecule has 122 valence electrons. The van der Waals surface area contributed by atoms with Crippen LogP contribution in [-0.2, 0) is 24.3 Å². The summed E-state index contributed by atoms with van der Waals surface area (Å²) in [5, 5.41) is 5.05. The molecule has 2 aromatic rings. The first-order valence-electron chi connectivity index (χ1n) is 8.09. The molecule has 0 saturated carbocycles. The van der Waals surface area contributed by atoms with Crippen molar-refractivity contribution < 1.29 is 4.79 Å². The first kappa shape index (κ1) is 15.2. The highest BCUT2D eigenvalue weighted by Crippen LogP contribution is 2.32. The summed E-state index contributed by atoms with van der Waals surface area (Å²) in [4.78, 5) is 19.3. The molecule has 1 aromatic carbocycles. The van der Waals surface area contributed by atoms with Gasteiger partial charge >= 0.3 is 0 Å². The standard InChI is InChI=1S/C18H18N4OS/c1-2-22-11-13(10-19-22)9-16-17(23)20-18(24-16)21-8-7-14-5-3-4-6-15(14)12-21/h3-6,9-11H,2,7-8,12H2,1H3. The molecule has 4 rings (SSSR count). The van der Waals surface area contributed by atoms with E-state index in [1.165, 1.54) is 22.9 Å². The monoisotopic (exact) mass is 338 g/mol. The van der Waals surface area contributed by atoms with Crippen LogP contribution >= 0.6 is 11.8 Å². The second-order valence-electron chi connectivity index (χ2n) is 5.88. The minimum Gasteiger partial charge on any atom is -0.346 e. The molecule has 5 nitrogen and oxygen atoms in total. The third-order valence-electron chi connectivity index (χ3n) is 4.29. The third-order valence-corrected chi connectivity index (χ3v) is 5.33. The van der Waals surface area contributed by atoms with Gasteiger partial charge < -0.3 is 4.90 Å². The molecule has 2 aliphatic rings. The lowest BCUT2D eigenvalue weighted by Gasteiger charge is -2.29. The lowest BCUT2D eigenvalue weighted by Crippen LogP contribution is -2.33. The Morgan fingerprint density at radius 1 is 1.29 bits per heavy atom. The molecule has 0 fully saturated rings. The Bertz CT molecular complexity index is 852. The van der Waals surface area contributed by atoms with Gasteiger partial charge in [-0.3, -0.25) is 9.48 Å². The van der Waals surface area contributed by atoms with Crippen LogP contribution < -0.4 is 0 Å².